The van der Waals surface area contributed by atoms with Crippen molar-refractivity contribution >= 4 is 8.07 Å². The molecule has 0 radical (unpaired) electrons. The first-order valence-corrected chi connectivity index (χ1v) is 7.23. The van der Waals surface area contributed by atoms with Crippen LogP contribution in [0, 0.1) is 21.4 Å². The first-order valence-electron chi connectivity index (χ1n) is 3.52. The zero-order valence-corrected chi connectivity index (χ0v) is 12.7. The van der Waals surface area contributed by atoms with Gasteiger partial charge in [0.2, 0.25) is 0 Å². The third-order valence-corrected chi connectivity index (χ3v) is 0.556. The van der Waals surface area contributed by atoms with Crippen LogP contribution >= 0.6 is 0 Å². The van der Waals surface area contributed by atoms with Gasteiger partial charge in [-0.15, -0.1) is 8.07 Å². The van der Waals surface area contributed by atoms with Gasteiger partial charge in [0.15, 0.2) is 0 Å². The second-order valence-electron chi connectivity index (χ2n) is 3.52. The second-order valence-corrected chi connectivity index (χ2v) is 8.64. The van der Waals surface area contributed by atoms with Crippen LogP contribution in [-0.2, 0) is 21.1 Å². The minimum atomic E-state index is -0.861. The quantitative estimate of drug-likeness (QED) is 0.474. The van der Waals surface area contributed by atoms with E-state index in [1.165, 1.54) is 0 Å². The van der Waals surface area contributed by atoms with Gasteiger partial charge in [0.05, 0.1) is 0 Å². The Kier molecular flexibility index (Phi) is 21.9. The molecule has 0 amide bonds. The molecule has 0 nitrogen and oxygen atoms in total. The Morgan fingerprint density at radius 2 is 1.23 bits per heavy atom. The minimum absolute atomic E-state index is 0. The van der Waals surface area contributed by atoms with Crippen molar-refractivity contribution in [1.82, 2.24) is 0 Å². The average molecular weight is 377 g/mol. The summed E-state index contributed by atoms with van der Waals surface area (Å²) in [4.78, 5) is 0. The van der Waals surface area contributed by atoms with E-state index in [1.807, 2.05) is 30.3 Å². The van der Waals surface area contributed by atoms with E-state index in [2.05, 4.69) is 26.2 Å². The Labute approximate surface area is 100 Å². The molecule has 0 aliphatic carbocycles. The summed E-state index contributed by atoms with van der Waals surface area (Å²) in [6.07, 6.45) is 0. The monoisotopic (exact) mass is 377 g/mol. The fourth-order valence-electron chi connectivity index (χ4n) is 0.321. The third kappa shape index (κ3) is 46.7. The normalized spacial score (nSPS) is 7.69. The Hall–Kier alpha value is 0.255. The molecule has 2 heteroatoms. The van der Waals surface area contributed by atoms with Gasteiger partial charge in [0.1, 0.15) is 0 Å². The first-order chi connectivity index (χ1) is 4.50. The molecule has 0 aliphatic rings. The predicted octanol–water partition coefficient (Wildman–Crippen LogP) is 4.00. The molecule has 0 spiro atoms. The second kappa shape index (κ2) is 12.3. The van der Waals surface area contributed by atoms with E-state index in [1.54, 1.807) is 0 Å². The summed E-state index contributed by atoms with van der Waals surface area (Å²) in [6.45, 7) is 10.6. The maximum atomic E-state index is 3.91. The Bertz CT molecular complexity index is 116. The van der Waals surface area contributed by atoms with Gasteiger partial charge in [-0.3, -0.25) is 0 Å². The van der Waals surface area contributed by atoms with E-state index in [9.17, 15) is 0 Å². The molecule has 0 heterocycles. The van der Waals surface area contributed by atoms with Crippen molar-refractivity contribution in [2.45, 2.75) is 19.6 Å². The van der Waals surface area contributed by atoms with Crippen LogP contribution in [-0.4, -0.2) is 8.07 Å². The average Bonchev–Trinajstić information content (AvgIpc) is 2.07. The number of hydrogen-bond acceptors (Lipinski definition) is 0. The molecular weight excluding hydrogens is 355 g/mol. The molecule has 0 aliphatic heterocycles. The molecule has 0 saturated carbocycles. The molecule has 0 N–H and O–H groups in total. The number of hydrogen-bond donors (Lipinski definition) is 0. The molecule has 0 unspecified atom stereocenters. The Morgan fingerprint density at radius 3 is 1.31 bits per heavy atom. The van der Waals surface area contributed by atoms with Crippen LogP contribution in [0.5, 0.6) is 0 Å². The molecule has 0 bridgehead atoms. The van der Waals surface area contributed by atoms with Crippen molar-refractivity contribution < 1.29 is 21.1 Å². The van der Waals surface area contributed by atoms with Crippen LogP contribution in [0.1, 0.15) is 0 Å². The summed E-state index contributed by atoms with van der Waals surface area (Å²) in [5.41, 5.74) is 0. The standard InChI is InChI=1S/C5H5.C4H11Si.2CH3.Pt/c1-2-4-5-3-1;1-5(2,3)4;;;/h1-5H;1H2,2-4H3;2*1H3;/q4*-1;+4. The fourth-order valence-corrected chi connectivity index (χ4v) is 0.321. The molecule has 0 aromatic heterocycles. The van der Waals surface area contributed by atoms with Gasteiger partial charge >= 0.3 is 21.1 Å². The Morgan fingerprint density at radius 1 is 1.00 bits per heavy atom. The summed E-state index contributed by atoms with van der Waals surface area (Å²) in [5, 5.41) is 0. The summed E-state index contributed by atoms with van der Waals surface area (Å²) in [5.74, 6) is 0. The van der Waals surface area contributed by atoms with E-state index >= 15 is 0 Å². The van der Waals surface area contributed by atoms with Gasteiger partial charge in [-0.25, -0.2) is 12.1 Å². The van der Waals surface area contributed by atoms with E-state index in [4.69, 9.17) is 0 Å². The van der Waals surface area contributed by atoms with Gasteiger partial charge < -0.3 is 21.4 Å². The zero-order chi connectivity index (χ0) is 8.04. The van der Waals surface area contributed by atoms with Crippen LogP contribution in [0.3, 0.4) is 0 Å². The van der Waals surface area contributed by atoms with Crippen LogP contribution < -0.4 is 0 Å². The summed E-state index contributed by atoms with van der Waals surface area (Å²) in [6, 6.07) is 10.0. The SMILES string of the molecule is [CH2-][Si](C)(C)C.[CH3-].[CH3-].[Pt+4].c1cc[cH-]c1. The van der Waals surface area contributed by atoms with Crippen molar-refractivity contribution in [2.24, 2.45) is 0 Å². The van der Waals surface area contributed by atoms with Crippen molar-refractivity contribution in [3.63, 3.8) is 0 Å². The molecule has 1 aromatic carbocycles. The smallest absolute Gasteiger partial charge is 0.358 e. The molecule has 1 rings (SSSR count). The van der Waals surface area contributed by atoms with Crippen LogP contribution in [0.25, 0.3) is 0 Å². The fraction of sp³-hybridized carbons (Fsp3) is 0.273. The topological polar surface area (TPSA) is 0 Å². The third-order valence-electron chi connectivity index (χ3n) is 0.556. The van der Waals surface area contributed by atoms with Crippen LogP contribution in [0.15, 0.2) is 30.3 Å². The van der Waals surface area contributed by atoms with Gasteiger partial charge in [-0.1, -0.05) is 19.6 Å². The van der Waals surface area contributed by atoms with Gasteiger partial charge in [0, 0.05) is 0 Å². The molecule has 0 atom stereocenters. The molecule has 0 fully saturated rings. The van der Waals surface area contributed by atoms with Gasteiger partial charge in [-0.05, 0) is 0 Å². The van der Waals surface area contributed by atoms with E-state index in [-0.39, 0.29) is 35.9 Å². The van der Waals surface area contributed by atoms with Crippen molar-refractivity contribution in [1.29, 1.82) is 0 Å². The van der Waals surface area contributed by atoms with Crippen molar-refractivity contribution in [3.05, 3.63) is 51.7 Å². The maximum Gasteiger partial charge on any atom is 4.00 e. The summed E-state index contributed by atoms with van der Waals surface area (Å²) >= 11 is 0. The van der Waals surface area contributed by atoms with Crippen LogP contribution in [0.4, 0.5) is 0 Å². The van der Waals surface area contributed by atoms with E-state index in [0.717, 1.165) is 0 Å². The molecule has 13 heavy (non-hydrogen) atoms. The molecule has 0 saturated heterocycles. The molecule has 80 valence electrons. The molecule has 1 aromatic rings. The van der Waals surface area contributed by atoms with Crippen molar-refractivity contribution in [3.8, 4) is 0 Å². The predicted molar refractivity (Wildman–Crippen MR) is 63.6 cm³/mol. The summed E-state index contributed by atoms with van der Waals surface area (Å²) < 4.78 is 0. The van der Waals surface area contributed by atoms with Crippen LogP contribution in [0.2, 0.25) is 19.6 Å². The minimum Gasteiger partial charge on any atom is -0.358 e. The van der Waals surface area contributed by atoms with Gasteiger partial charge in [-0.2, -0.15) is 18.2 Å². The Balaban J connectivity index is -0.0000000506. The summed E-state index contributed by atoms with van der Waals surface area (Å²) in [7, 11) is -0.861. The first kappa shape index (κ1) is 23.2. The van der Waals surface area contributed by atoms with Gasteiger partial charge in [0.25, 0.3) is 0 Å². The molecular formula is C11H22PtSi. The van der Waals surface area contributed by atoms with E-state index in [0.29, 0.717) is 0 Å². The largest absolute Gasteiger partial charge is 4.00 e. The van der Waals surface area contributed by atoms with Crippen molar-refractivity contribution in [2.75, 3.05) is 0 Å². The van der Waals surface area contributed by atoms with E-state index < -0.39 is 8.07 Å². The maximum absolute atomic E-state index is 3.91. The number of rotatable bonds is 0. The zero-order valence-electron chi connectivity index (χ0n) is 9.41.